The molecule has 2 aromatic carbocycles. The minimum Gasteiger partial charge on any atom is -0.494 e. The van der Waals surface area contributed by atoms with Crippen molar-refractivity contribution in [2.24, 2.45) is 5.10 Å². The lowest BCUT2D eigenvalue weighted by Gasteiger charge is -2.18. The number of benzene rings is 2. The standard InChI is InChI=1S/C19H19N3O4/c1-3-25-15-7-4-13(5-8-15)19(24)22-21-12(2)14-6-9-17-16(10-14)20-18(23)11-26-17/h4-10H,3,11H2,1-2H3,(H,20,23)(H,22,24)/b21-12-. The molecule has 7 nitrogen and oxygen atoms in total. The van der Waals surface area contributed by atoms with Crippen LogP contribution >= 0.6 is 0 Å². The van der Waals surface area contributed by atoms with E-state index in [1.807, 2.05) is 13.0 Å². The van der Waals surface area contributed by atoms with Crippen molar-refractivity contribution < 1.29 is 19.1 Å². The van der Waals surface area contributed by atoms with Crippen LogP contribution in [0.1, 0.15) is 29.8 Å². The third-order valence-electron chi connectivity index (χ3n) is 3.78. The molecule has 0 radical (unpaired) electrons. The molecule has 2 amide bonds. The number of anilines is 1. The Morgan fingerprint density at radius 3 is 2.69 bits per heavy atom. The highest BCUT2D eigenvalue weighted by Crippen LogP contribution is 2.28. The topological polar surface area (TPSA) is 89.0 Å². The van der Waals surface area contributed by atoms with Gasteiger partial charge in [-0.15, -0.1) is 0 Å². The largest absolute Gasteiger partial charge is 0.494 e. The third-order valence-corrected chi connectivity index (χ3v) is 3.78. The predicted octanol–water partition coefficient (Wildman–Crippen LogP) is 2.57. The van der Waals surface area contributed by atoms with E-state index in [1.54, 1.807) is 43.3 Å². The van der Waals surface area contributed by atoms with Gasteiger partial charge in [-0.3, -0.25) is 9.59 Å². The number of hydrogen-bond acceptors (Lipinski definition) is 5. The Labute approximate surface area is 151 Å². The summed E-state index contributed by atoms with van der Waals surface area (Å²) >= 11 is 0. The highest BCUT2D eigenvalue weighted by Gasteiger charge is 2.16. The summed E-state index contributed by atoms with van der Waals surface area (Å²) in [6, 6.07) is 12.2. The Kier molecular flexibility index (Phi) is 5.17. The maximum atomic E-state index is 12.2. The molecule has 0 atom stereocenters. The smallest absolute Gasteiger partial charge is 0.271 e. The van der Waals surface area contributed by atoms with Crippen LogP contribution in [0.25, 0.3) is 0 Å². The second-order valence-electron chi connectivity index (χ2n) is 5.64. The normalized spacial score (nSPS) is 13.3. The number of hydrogen-bond donors (Lipinski definition) is 2. The highest BCUT2D eigenvalue weighted by atomic mass is 16.5. The lowest BCUT2D eigenvalue weighted by atomic mass is 10.1. The zero-order chi connectivity index (χ0) is 18.5. The number of hydrazone groups is 1. The van der Waals surface area contributed by atoms with Crippen LogP contribution in [-0.4, -0.2) is 30.7 Å². The van der Waals surface area contributed by atoms with Gasteiger partial charge in [0.25, 0.3) is 11.8 Å². The summed E-state index contributed by atoms with van der Waals surface area (Å²) in [6.07, 6.45) is 0. The van der Waals surface area contributed by atoms with Gasteiger partial charge in [0.15, 0.2) is 6.61 Å². The predicted molar refractivity (Wildman–Crippen MR) is 97.9 cm³/mol. The van der Waals surface area contributed by atoms with Crippen LogP contribution in [0, 0.1) is 0 Å². The Balaban J connectivity index is 1.69. The van der Waals surface area contributed by atoms with Gasteiger partial charge in [-0.2, -0.15) is 5.10 Å². The SMILES string of the molecule is CCOc1ccc(C(=O)N/N=C(/C)c2ccc3c(c2)NC(=O)CO3)cc1. The van der Waals surface area contributed by atoms with Crippen molar-refractivity contribution in [3.8, 4) is 11.5 Å². The number of nitrogens with one attached hydrogen (secondary N) is 2. The fraction of sp³-hybridized carbons (Fsp3) is 0.211. The molecule has 3 rings (SSSR count). The van der Waals surface area contributed by atoms with E-state index >= 15 is 0 Å². The van der Waals surface area contributed by atoms with Crippen LogP contribution in [0.5, 0.6) is 11.5 Å². The second kappa shape index (κ2) is 7.69. The first-order valence-electron chi connectivity index (χ1n) is 8.21. The molecular weight excluding hydrogens is 334 g/mol. The molecule has 1 aliphatic heterocycles. The molecule has 1 heterocycles. The molecule has 0 fully saturated rings. The highest BCUT2D eigenvalue weighted by molar-refractivity contribution is 6.03. The van der Waals surface area contributed by atoms with Crippen LogP contribution in [0.3, 0.4) is 0 Å². The summed E-state index contributed by atoms with van der Waals surface area (Å²) in [5.74, 6) is 0.802. The molecule has 0 bridgehead atoms. The number of carbonyl (C=O) groups excluding carboxylic acids is 2. The maximum Gasteiger partial charge on any atom is 0.271 e. The summed E-state index contributed by atoms with van der Waals surface area (Å²) in [5.41, 5.74) is 4.97. The van der Waals surface area contributed by atoms with Crippen molar-refractivity contribution in [2.45, 2.75) is 13.8 Å². The Hall–Kier alpha value is -3.35. The summed E-state index contributed by atoms with van der Waals surface area (Å²) < 4.78 is 10.7. The average Bonchev–Trinajstić information content (AvgIpc) is 2.66. The second-order valence-corrected chi connectivity index (χ2v) is 5.64. The van der Waals surface area contributed by atoms with E-state index in [4.69, 9.17) is 9.47 Å². The fourth-order valence-electron chi connectivity index (χ4n) is 2.44. The Morgan fingerprint density at radius 2 is 1.96 bits per heavy atom. The fourth-order valence-corrected chi connectivity index (χ4v) is 2.44. The van der Waals surface area contributed by atoms with Crippen molar-refractivity contribution in [1.82, 2.24) is 5.43 Å². The van der Waals surface area contributed by atoms with Gasteiger partial charge in [0.1, 0.15) is 11.5 Å². The van der Waals surface area contributed by atoms with Gasteiger partial charge >= 0.3 is 0 Å². The number of fused-ring (bicyclic) bond motifs is 1. The molecule has 1 aliphatic rings. The summed E-state index contributed by atoms with van der Waals surface area (Å²) in [7, 11) is 0. The van der Waals surface area contributed by atoms with Crippen molar-refractivity contribution in [1.29, 1.82) is 0 Å². The van der Waals surface area contributed by atoms with Gasteiger partial charge in [-0.05, 0) is 61.9 Å². The average molecular weight is 353 g/mol. The molecule has 2 aromatic rings. The van der Waals surface area contributed by atoms with E-state index in [2.05, 4.69) is 15.8 Å². The number of ether oxygens (including phenoxy) is 2. The molecule has 0 saturated carbocycles. The van der Waals surface area contributed by atoms with Crippen LogP contribution in [0.4, 0.5) is 5.69 Å². The maximum absolute atomic E-state index is 12.2. The van der Waals surface area contributed by atoms with E-state index in [0.29, 0.717) is 35.1 Å². The van der Waals surface area contributed by atoms with Gasteiger partial charge in [-0.25, -0.2) is 5.43 Å². The van der Waals surface area contributed by atoms with Crippen LogP contribution < -0.4 is 20.2 Å². The monoisotopic (exact) mass is 353 g/mol. The zero-order valence-corrected chi connectivity index (χ0v) is 14.5. The molecule has 0 spiro atoms. The van der Waals surface area contributed by atoms with Crippen LogP contribution in [-0.2, 0) is 4.79 Å². The number of rotatable bonds is 5. The molecule has 134 valence electrons. The number of carbonyl (C=O) groups is 2. The minimum atomic E-state index is -0.318. The summed E-state index contributed by atoms with van der Waals surface area (Å²) in [6.45, 7) is 4.25. The van der Waals surface area contributed by atoms with E-state index in [1.165, 1.54) is 0 Å². The lowest BCUT2D eigenvalue weighted by Crippen LogP contribution is -2.25. The third kappa shape index (κ3) is 4.00. The van der Waals surface area contributed by atoms with E-state index in [0.717, 1.165) is 5.56 Å². The summed E-state index contributed by atoms with van der Waals surface area (Å²) in [5, 5.41) is 6.87. The van der Waals surface area contributed by atoms with Crippen LogP contribution in [0.2, 0.25) is 0 Å². The molecule has 0 unspecified atom stereocenters. The first-order valence-corrected chi connectivity index (χ1v) is 8.21. The van der Waals surface area contributed by atoms with Gasteiger partial charge in [0, 0.05) is 5.56 Å². The zero-order valence-electron chi connectivity index (χ0n) is 14.5. The number of amides is 2. The molecule has 2 N–H and O–H groups in total. The van der Waals surface area contributed by atoms with Gasteiger partial charge < -0.3 is 14.8 Å². The Bertz CT molecular complexity index is 860. The first kappa shape index (κ1) is 17.5. The summed E-state index contributed by atoms with van der Waals surface area (Å²) in [4.78, 5) is 23.6. The Morgan fingerprint density at radius 1 is 1.23 bits per heavy atom. The van der Waals surface area contributed by atoms with Crippen molar-refractivity contribution in [3.05, 3.63) is 53.6 Å². The molecule has 0 saturated heterocycles. The first-order chi connectivity index (χ1) is 12.6. The van der Waals surface area contributed by atoms with Gasteiger partial charge in [0.05, 0.1) is 18.0 Å². The lowest BCUT2D eigenvalue weighted by molar-refractivity contribution is -0.118. The van der Waals surface area contributed by atoms with Gasteiger partial charge in [0.2, 0.25) is 0 Å². The van der Waals surface area contributed by atoms with E-state index in [9.17, 15) is 9.59 Å². The van der Waals surface area contributed by atoms with Crippen LogP contribution in [0.15, 0.2) is 47.6 Å². The quantitative estimate of drug-likeness (QED) is 0.639. The van der Waals surface area contributed by atoms with E-state index in [-0.39, 0.29) is 18.4 Å². The molecule has 0 aromatic heterocycles. The van der Waals surface area contributed by atoms with E-state index < -0.39 is 0 Å². The van der Waals surface area contributed by atoms with Gasteiger partial charge in [-0.1, -0.05) is 0 Å². The molecular formula is C19H19N3O4. The molecule has 26 heavy (non-hydrogen) atoms. The van der Waals surface area contributed by atoms with Crippen molar-refractivity contribution >= 4 is 23.2 Å². The minimum absolute atomic E-state index is 0.0115. The van der Waals surface area contributed by atoms with Crippen molar-refractivity contribution in [2.75, 3.05) is 18.5 Å². The number of nitrogens with zero attached hydrogens (tertiary/aromatic N) is 1. The molecule has 7 heteroatoms. The molecule has 0 aliphatic carbocycles. The van der Waals surface area contributed by atoms with Crippen molar-refractivity contribution in [3.63, 3.8) is 0 Å².